The first-order chi connectivity index (χ1) is 18.3. The second-order valence-corrected chi connectivity index (χ2v) is 10.5. The highest BCUT2D eigenvalue weighted by Crippen LogP contribution is 2.41. The minimum Gasteiger partial charge on any atom is -0.439 e. The van der Waals surface area contributed by atoms with E-state index in [4.69, 9.17) is 4.74 Å². The molecule has 10 heteroatoms. The van der Waals surface area contributed by atoms with E-state index in [2.05, 4.69) is 34.2 Å². The molecule has 1 fully saturated rings. The van der Waals surface area contributed by atoms with Crippen molar-refractivity contribution in [2.75, 3.05) is 5.32 Å². The van der Waals surface area contributed by atoms with Crippen LogP contribution in [0.5, 0.6) is 11.6 Å². The number of aromatic nitrogens is 5. The number of benzene rings is 1. The minimum atomic E-state index is -0.265. The van der Waals surface area contributed by atoms with Gasteiger partial charge in [0.15, 0.2) is 5.82 Å². The first kappa shape index (κ1) is 24.1. The lowest BCUT2D eigenvalue weighted by atomic mass is 9.99. The van der Waals surface area contributed by atoms with Crippen molar-refractivity contribution in [2.45, 2.75) is 71.5 Å². The number of hydrogen-bond donors (Lipinski definition) is 1. The van der Waals surface area contributed by atoms with Crippen molar-refractivity contribution < 1.29 is 14.3 Å². The van der Waals surface area contributed by atoms with Crippen molar-refractivity contribution in [3.8, 4) is 11.6 Å². The van der Waals surface area contributed by atoms with Gasteiger partial charge in [0.25, 0.3) is 0 Å². The van der Waals surface area contributed by atoms with Crippen molar-refractivity contribution in [3.63, 3.8) is 0 Å². The lowest BCUT2D eigenvalue weighted by Crippen LogP contribution is -2.41. The molecule has 1 saturated carbocycles. The van der Waals surface area contributed by atoms with Crippen LogP contribution >= 0.6 is 0 Å². The maximum atomic E-state index is 13.1. The molecule has 2 aliphatic rings. The van der Waals surface area contributed by atoms with Gasteiger partial charge in [0.2, 0.25) is 11.8 Å². The van der Waals surface area contributed by atoms with Gasteiger partial charge in [-0.05, 0) is 64.3 Å². The summed E-state index contributed by atoms with van der Waals surface area (Å²) in [6.45, 7) is 8.23. The number of fused-ring (bicyclic) bond motifs is 2. The normalized spacial score (nSPS) is 17.1. The highest BCUT2D eigenvalue weighted by atomic mass is 16.5. The molecule has 0 spiro atoms. The van der Waals surface area contributed by atoms with Gasteiger partial charge in [-0.2, -0.15) is 5.10 Å². The highest BCUT2D eigenvalue weighted by molar-refractivity contribution is 5.98. The summed E-state index contributed by atoms with van der Waals surface area (Å²) in [6.07, 6.45) is 6.18. The first-order valence-corrected chi connectivity index (χ1v) is 13.1. The zero-order chi connectivity index (χ0) is 26.6. The Morgan fingerprint density at radius 2 is 1.95 bits per heavy atom. The SMILES string of the molecule is CC(=O)N1Cc2ncnc(Oc3ccc4c(ccn4C(=O)Nc4cc(C5CC5)n(C(C)C)n4)c3)c2CC1C. The maximum Gasteiger partial charge on any atom is 0.331 e. The van der Waals surface area contributed by atoms with Crippen molar-refractivity contribution >= 4 is 28.7 Å². The van der Waals surface area contributed by atoms with Crippen LogP contribution in [-0.4, -0.2) is 47.2 Å². The first-order valence-electron chi connectivity index (χ1n) is 13.1. The largest absolute Gasteiger partial charge is 0.439 e. The Hall–Kier alpha value is -4.21. The summed E-state index contributed by atoms with van der Waals surface area (Å²) < 4.78 is 9.77. The van der Waals surface area contributed by atoms with E-state index < -0.39 is 0 Å². The van der Waals surface area contributed by atoms with Crippen molar-refractivity contribution in [1.82, 2.24) is 29.2 Å². The topological polar surface area (TPSA) is 107 Å². The number of rotatable bonds is 5. The predicted octanol–water partition coefficient (Wildman–Crippen LogP) is 5.25. The second kappa shape index (κ2) is 9.27. The molecule has 0 bridgehead atoms. The highest BCUT2D eigenvalue weighted by Gasteiger charge is 2.30. The van der Waals surface area contributed by atoms with E-state index in [-0.39, 0.29) is 24.0 Å². The molecule has 1 aromatic carbocycles. The Bertz CT molecular complexity index is 1530. The third-order valence-corrected chi connectivity index (χ3v) is 7.33. The second-order valence-electron chi connectivity index (χ2n) is 10.5. The zero-order valence-electron chi connectivity index (χ0n) is 22.0. The molecule has 1 aliphatic carbocycles. The standard InChI is InChI=1S/C28H31N7O3/c1-16(2)35-25(19-5-6-19)13-26(32-35)31-28(37)33-10-9-20-12-21(7-8-24(20)33)38-27-22-11-17(3)34(18(4)36)14-23(22)29-15-30-27/h7-10,12-13,15-17,19H,5-6,11,14H2,1-4H3,(H,31,32,37). The number of hydrogen-bond acceptors (Lipinski definition) is 6. The quantitative estimate of drug-likeness (QED) is 0.391. The van der Waals surface area contributed by atoms with E-state index in [0.29, 0.717) is 36.3 Å². The number of carbonyl (C=O) groups is 2. The molecular formula is C28H31N7O3. The summed E-state index contributed by atoms with van der Waals surface area (Å²) in [5.74, 6) is 2.24. The summed E-state index contributed by atoms with van der Waals surface area (Å²) in [5, 5.41) is 8.45. The third kappa shape index (κ3) is 4.40. The summed E-state index contributed by atoms with van der Waals surface area (Å²) in [5.41, 5.74) is 3.67. The van der Waals surface area contributed by atoms with Crippen LogP contribution in [0.2, 0.25) is 0 Å². The number of ether oxygens (including phenoxy) is 1. The van der Waals surface area contributed by atoms with Gasteiger partial charge in [-0.15, -0.1) is 0 Å². The van der Waals surface area contributed by atoms with Crippen LogP contribution in [-0.2, 0) is 17.8 Å². The molecule has 4 aromatic rings. The van der Waals surface area contributed by atoms with Crippen LogP contribution in [0.4, 0.5) is 10.6 Å². The van der Waals surface area contributed by atoms with Gasteiger partial charge >= 0.3 is 6.03 Å². The third-order valence-electron chi connectivity index (χ3n) is 7.33. The molecule has 1 unspecified atom stereocenters. The Balaban J connectivity index is 1.22. The van der Waals surface area contributed by atoms with Gasteiger partial charge in [0, 0.05) is 53.8 Å². The molecule has 196 valence electrons. The zero-order valence-corrected chi connectivity index (χ0v) is 22.0. The van der Waals surface area contributed by atoms with E-state index in [0.717, 1.165) is 22.2 Å². The van der Waals surface area contributed by atoms with Crippen molar-refractivity contribution in [1.29, 1.82) is 0 Å². The van der Waals surface area contributed by atoms with Crippen LogP contribution in [0.25, 0.3) is 10.9 Å². The number of anilines is 1. The molecule has 4 heterocycles. The van der Waals surface area contributed by atoms with E-state index in [1.807, 2.05) is 41.9 Å². The summed E-state index contributed by atoms with van der Waals surface area (Å²) >= 11 is 0. The lowest BCUT2D eigenvalue weighted by Gasteiger charge is -2.33. The van der Waals surface area contributed by atoms with Crippen LogP contribution in [0.15, 0.2) is 42.9 Å². The molecule has 6 rings (SSSR count). The molecule has 10 nitrogen and oxygen atoms in total. The minimum absolute atomic E-state index is 0.0276. The summed E-state index contributed by atoms with van der Waals surface area (Å²) in [4.78, 5) is 35.7. The molecular weight excluding hydrogens is 482 g/mol. The Labute approximate surface area is 220 Å². The van der Waals surface area contributed by atoms with E-state index in [1.165, 1.54) is 24.9 Å². The molecule has 2 amide bonds. The monoisotopic (exact) mass is 513 g/mol. The van der Waals surface area contributed by atoms with Crippen LogP contribution < -0.4 is 10.1 Å². The lowest BCUT2D eigenvalue weighted by molar-refractivity contribution is -0.132. The van der Waals surface area contributed by atoms with Gasteiger partial charge in [-0.25, -0.2) is 14.8 Å². The number of nitrogens with zero attached hydrogens (tertiary/aromatic N) is 6. The fraction of sp³-hybridized carbons (Fsp3) is 0.393. The molecule has 1 aliphatic heterocycles. The fourth-order valence-corrected chi connectivity index (χ4v) is 5.21. The molecule has 3 aromatic heterocycles. The molecule has 1 N–H and O–H groups in total. The van der Waals surface area contributed by atoms with E-state index in [9.17, 15) is 9.59 Å². The molecule has 0 saturated heterocycles. The fourth-order valence-electron chi connectivity index (χ4n) is 5.21. The van der Waals surface area contributed by atoms with Gasteiger partial charge in [0.05, 0.1) is 17.8 Å². The number of carbonyl (C=O) groups excluding carboxylic acids is 2. The van der Waals surface area contributed by atoms with E-state index in [1.54, 1.807) is 22.6 Å². The van der Waals surface area contributed by atoms with Crippen LogP contribution in [0, 0.1) is 0 Å². The molecule has 38 heavy (non-hydrogen) atoms. The van der Waals surface area contributed by atoms with Gasteiger partial charge in [-0.3, -0.25) is 19.4 Å². The van der Waals surface area contributed by atoms with Crippen molar-refractivity contribution in [3.05, 3.63) is 59.8 Å². The number of amides is 2. The predicted molar refractivity (Wildman–Crippen MR) is 142 cm³/mol. The summed E-state index contributed by atoms with van der Waals surface area (Å²) in [6, 6.07) is 9.46. The maximum absolute atomic E-state index is 13.1. The molecule has 0 radical (unpaired) electrons. The average molecular weight is 514 g/mol. The van der Waals surface area contributed by atoms with Gasteiger partial charge < -0.3 is 9.64 Å². The smallest absolute Gasteiger partial charge is 0.331 e. The van der Waals surface area contributed by atoms with Crippen LogP contribution in [0.3, 0.4) is 0 Å². The number of nitrogens with one attached hydrogen (secondary N) is 1. The van der Waals surface area contributed by atoms with E-state index >= 15 is 0 Å². The molecule has 1 atom stereocenters. The van der Waals surface area contributed by atoms with Crippen molar-refractivity contribution in [2.24, 2.45) is 0 Å². The van der Waals surface area contributed by atoms with Gasteiger partial charge in [-0.1, -0.05) is 0 Å². The Morgan fingerprint density at radius 1 is 1.13 bits per heavy atom. The average Bonchev–Trinajstić information content (AvgIpc) is 3.50. The van der Waals surface area contributed by atoms with Gasteiger partial charge in [0.1, 0.15) is 12.1 Å². The summed E-state index contributed by atoms with van der Waals surface area (Å²) in [7, 11) is 0. The van der Waals surface area contributed by atoms with Crippen LogP contribution in [0.1, 0.15) is 69.4 Å². The Morgan fingerprint density at radius 3 is 2.68 bits per heavy atom. The Kier molecular flexibility index (Phi) is 5.89.